The summed E-state index contributed by atoms with van der Waals surface area (Å²) < 4.78 is 23.8. The molecule has 9 heteroatoms. The fourth-order valence-corrected chi connectivity index (χ4v) is 10.7. The van der Waals surface area contributed by atoms with Gasteiger partial charge in [-0.15, -0.1) is 0 Å². The number of carbonyl (C=O) groups is 1. The zero-order valence-electron chi connectivity index (χ0n) is 52.0. The standard InChI is InChI=1S/C68H131N2O6P/c1-6-8-10-12-14-16-18-20-22-24-26-28-30-31-32-33-34-35-36-37-38-40-41-43-45-47-49-51-53-55-57-59-61-67(71)66(65-76-77(73,74)75-64-63-70(3,4)5)69-68(72)62-60-58-56-54-52-50-48-46-44-42-39-29-27-25-23-21-19-17-15-13-11-9-7-2/h25,27,43,45,51,53,59,61,66-67,71H,6-24,26,28-42,44,46-50,52,54-58,60,62-65H2,1-5H3,(H-,69,72,73,74)/p+1/b27-25-,45-43+,53-51+,61-59+. The summed E-state index contributed by atoms with van der Waals surface area (Å²) in [5, 5.41) is 14.0. The summed E-state index contributed by atoms with van der Waals surface area (Å²) in [5.41, 5.74) is 0. The number of rotatable bonds is 62. The number of allylic oxidation sites excluding steroid dienone is 7. The first-order valence-electron chi connectivity index (χ1n) is 33.5. The average molecular weight is 1100 g/mol. The van der Waals surface area contributed by atoms with Crippen LogP contribution in [0, 0.1) is 0 Å². The minimum atomic E-state index is -4.36. The summed E-state index contributed by atoms with van der Waals surface area (Å²) >= 11 is 0. The second-order valence-electron chi connectivity index (χ2n) is 24.2. The van der Waals surface area contributed by atoms with Crippen LogP contribution in [0.2, 0.25) is 0 Å². The zero-order valence-corrected chi connectivity index (χ0v) is 52.9. The molecule has 0 aliphatic heterocycles. The summed E-state index contributed by atoms with van der Waals surface area (Å²) in [6.45, 7) is 4.83. The molecule has 1 amide bonds. The molecule has 0 fully saturated rings. The third-order valence-electron chi connectivity index (χ3n) is 15.2. The number of nitrogens with one attached hydrogen (secondary N) is 1. The van der Waals surface area contributed by atoms with E-state index in [0.29, 0.717) is 17.4 Å². The van der Waals surface area contributed by atoms with E-state index in [2.05, 4.69) is 55.6 Å². The number of amides is 1. The number of likely N-dealkylation sites (N-methyl/N-ethyl adjacent to an activating group) is 1. The van der Waals surface area contributed by atoms with Crippen LogP contribution in [0.4, 0.5) is 0 Å². The minimum Gasteiger partial charge on any atom is -0.387 e. The van der Waals surface area contributed by atoms with Crippen LogP contribution in [0.5, 0.6) is 0 Å². The Bertz CT molecular complexity index is 1390. The van der Waals surface area contributed by atoms with E-state index in [1.807, 2.05) is 27.2 Å². The van der Waals surface area contributed by atoms with Crippen LogP contribution in [-0.2, 0) is 18.4 Å². The Morgan fingerprint density at radius 3 is 1.04 bits per heavy atom. The molecule has 0 bridgehead atoms. The van der Waals surface area contributed by atoms with E-state index in [9.17, 15) is 19.4 Å². The molecule has 0 heterocycles. The van der Waals surface area contributed by atoms with Gasteiger partial charge in [-0.05, 0) is 70.6 Å². The van der Waals surface area contributed by atoms with Crippen LogP contribution in [0.3, 0.4) is 0 Å². The van der Waals surface area contributed by atoms with Crippen LogP contribution in [-0.4, -0.2) is 73.4 Å². The second-order valence-corrected chi connectivity index (χ2v) is 25.6. The highest BCUT2D eigenvalue weighted by atomic mass is 31.2. The van der Waals surface area contributed by atoms with Crippen LogP contribution in [0.15, 0.2) is 48.6 Å². The summed E-state index contributed by atoms with van der Waals surface area (Å²) in [5.74, 6) is -0.188. The Kier molecular flexibility index (Phi) is 57.9. The Morgan fingerprint density at radius 2 is 0.714 bits per heavy atom. The quantitative estimate of drug-likeness (QED) is 0.0243. The number of phosphoric acid groups is 1. The summed E-state index contributed by atoms with van der Waals surface area (Å²) in [4.78, 5) is 23.4. The van der Waals surface area contributed by atoms with Crippen molar-refractivity contribution in [1.82, 2.24) is 5.32 Å². The van der Waals surface area contributed by atoms with Crippen molar-refractivity contribution in [2.75, 3.05) is 40.9 Å². The van der Waals surface area contributed by atoms with E-state index in [1.54, 1.807) is 6.08 Å². The smallest absolute Gasteiger partial charge is 0.387 e. The van der Waals surface area contributed by atoms with Crippen molar-refractivity contribution in [2.24, 2.45) is 0 Å². The number of hydrogen-bond acceptors (Lipinski definition) is 5. The van der Waals surface area contributed by atoms with E-state index in [0.717, 1.165) is 44.9 Å². The Balaban J connectivity index is 4.15. The highest BCUT2D eigenvalue weighted by Gasteiger charge is 2.28. The zero-order chi connectivity index (χ0) is 56.3. The van der Waals surface area contributed by atoms with Gasteiger partial charge in [-0.1, -0.05) is 300 Å². The molecule has 0 spiro atoms. The van der Waals surface area contributed by atoms with Gasteiger partial charge in [-0.2, -0.15) is 0 Å². The van der Waals surface area contributed by atoms with Gasteiger partial charge in [0.25, 0.3) is 0 Å². The van der Waals surface area contributed by atoms with Crippen LogP contribution in [0.1, 0.15) is 328 Å². The molecule has 3 N–H and O–H groups in total. The van der Waals surface area contributed by atoms with Crippen molar-refractivity contribution in [2.45, 2.75) is 341 Å². The van der Waals surface area contributed by atoms with Crippen molar-refractivity contribution in [3.63, 3.8) is 0 Å². The SMILES string of the molecule is CCCCCCCCCC/C=C\CCCCCCCCCCCCCC(=O)NC(COP(=O)(O)OCC[N+](C)(C)C)C(O)/C=C/CC/C=C/CC/C=C/CCCCCCCCCCCCCCCCCCCCCCCC. The monoisotopic (exact) mass is 1100 g/mol. The van der Waals surface area contributed by atoms with Gasteiger partial charge in [0, 0.05) is 6.42 Å². The molecule has 0 saturated carbocycles. The molecule has 3 atom stereocenters. The largest absolute Gasteiger partial charge is 0.472 e. The number of aliphatic hydroxyl groups excluding tert-OH is 1. The van der Waals surface area contributed by atoms with Gasteiger partial charge in [0.15, 0.2) is 0 Å². The van der Waals surface area contributed by atoms with Gasteiger partial charge in [0.1, 0.15) is 13.2 Å². The van der Waals surface area contributed by atoms with Crippen molar-refractivity contribution in [3.05, 3.63) is 48.6 Å². The summed E-state index contributed by atoms with van der Waals surface area (Å²) in [6, 6.07) is -0.872. The van der Waals surface area contributed by atoms with Crippen LogP contribution in [0.25, 0.3) is 0 Å². The minimum absolute atomic E-state index is 0.0534. The molecule has 77 heavy (non-hydrogen) atoms. The number of carbonyl (C=O) groups excluding carboxylic acids is 1. The molecule has 0 aliphatic rings. The number of unbranched alkanes of at least 4 members (excludes halogenated alkanes) is 43. The number of aliphatic hydroxyl groups is 1. The molecule has 0 aromatic heterocycles. The van der Waals surface area contributed by atoms with Crippen molar-refractivity contribution < 1.29 is 32.9 Å². The van der Waals surface area contributed by atoms with E-state index < -0.39 is 20.0 Å². The molecule has 8 nitrogen and oxygen atoms in total. The van der Waals surface area contributed by atoms with Crippen LogP contribution >= 0.6 is 7.82 Å². The molecular weight excluding hydrogens is 972 g/mol. The maximum atomic E-state index is 13.0. The normalized spacial score (nSPS) is 14.0. The van der Waals surface area contributed by atoms with E-state index in [-0.39, 0.29) is 19.1 Å². The summed E-state index contributed by atoms with van der Waals surface area (Å²) in [7, 11) is 1.55. The molecule has 3 unspecified atom stereocenters. The molecule has 0 aliphatic carbocycles. The maximum Gasteiger partial charge on any atom is 0.472 e. The molecule has 0 saturated heterocycles. The fourth-order valence-electron chi connectivity index (χ4n) is 10.0. The Hall–Kier alpha value is -1.54. The molecule has 0 aromatic rings. The molecule has 454 valence electrons. The highest BCUT2D eigenvalue weighted by molar-refractivity contribution is 7.47. The predicted molar refractivity (Wildman–Crippen MR) is 337 cm³/mol. The first-order valence-corrected chi connectivity index (χ1v) is 35.0. The number of nitrogens with zero attached hydrogens (tertiary/aromatic N) is 1. The van der Waals surface area contributed by atoms with Crippen molar-refractivity contribution >= 4 is 13.7 Å². The maximum absolute atomic E-state index is 13.0. The third kappa shape index (κ3) is 61.9. The number of hydrogen-bond donors (Lipinski definition) is 3. The fraction of sp³-hybridized carbons (Fsp3) is 0.868. The van der Waals surface area contributed by atoms with E-state index >= 15 is 0 Å². The van der Waals surface area contributed by atoms with Gasteiger partial charge in [0.05, 0.1) is 39.9 Å². The van der Waals surface area contributed by atoms with Gasteiger partial charge < -0.3 is 19.8 Å². The number of quaternary nitrogens is 1. The lowest BCUT2D eigenvalue weighted by atomic mass is 10.0. The van der Waals surface area contributed by atoms with Crippen molar-refractivity contribution in [3.8, 4) is 0 Å². The molecule has 0 aromatic carbocycles. The summed E-state index contributed by atoms with van der Waals surface area (Å²) in [6.07, 6.45) is 79.7. The predicted octanol–water partition coefficient (Wildman–Crippen LogP) is 21.1. The van der Waals surface area contributed by atoms with Gasteiger partial charge >= 0.3 is 7.82 Å². The van der Waals surface area contributed by atoms with Gasteiger partial charge in [-0.3, -0.25) is 13.8 Å². The lowest BCUT2D eigenvalue weighted by Gasteiger charge is -2.25. The Labute approximate surface area is 479 Å². The van der Waals surface area contributed by atoms with Gasteiger partial charge in [-0.25, -0.2) is 4.57 Å². The lowest BCUT2D eigenvalue weighted by Crippen LogP contribution is -2.45. The Morgan fingerprint density at radius 1 is 0.429 bits per heavy atom. The van der Waals surface area contributed by atoms with Crippen LogP contribution < -0.4 is 5.32 Å². The van der Waals surface area contributed by atoms with Crippen molar-refractivity contribution in [1.29, 1.82) is 0 Å². The molecular formula is C68H132N2O6P+. The second kappa shape index (κ2) is 59.1. The first kappa shape index (κ1) is 75.5. The average Bonchev–Trinajstić information content (AvgIpc) is 3.39. The lowest BCUT2D eigenvalue weighted by molar-refractivity contribution is -0.870. The van der Waals surface area contributed by atoms with Gasteiger partial charge in [0.2, 0.25) is 5.91 Å². The van der Waals surface area contributed by atoms with E-state index in [4.69, 9.17) is 9.05 Å². The highest BCUT2D eigenvalue weighted by Crippen LogP contribution is 2.43. The topological polar surface area (TPSA) is 105 Å². The third-order valence-corrected chi connectivity index (χ3v) is 16.2. The number of phosphoric ester groups is 1. The first-order chi connectivity index (χ1) is 37.5. The van der Waals surface area contributed by atoms with E-state index in [1.165, 1.54) is 263 Å². The molecule has 0 radical (unpaired) electrons. The molecule has 0 rings (SSSR count).